The number of amides is 2. The number of benzene rings is 5. The van der Waals surface area contributed by atoms with Crippen LogP contribution >= 0.6 is 23.2 Å². The van der Waals surface area contributed by atoms with Gasteiger partial charge in [0.1, 0.15) is 16.8 Å². The van der Waals surface area contributed by atoms with Gasteiger partial charge in [0.15, 0.2) is 11.2 Å². The maximum atomic E-state index is 13.5. The molecule has 0 fully saturated rings. The Kier molecular flexibility index (Phi) is 6.79. The summed E-state index contributed by atoms with van der Waals surface area (Å²) < 4.78 is 17.9. The summed E-state index contributed by atoms with van der Waals surface area (Å²) in [5.41, 5.74) is 4.56. The minimum Gasteiger partial charge on any atom is -0.495 e. The van der Waals surface area contributed by atoms with Gasteiger partial charge in [-0.15, -0.1) is 0 Å². The van der Waals surface area contributed by atoms with Crippen LogP contribution in [0.1, 0.15) is 31.1 Å². The number of para-hydroxylation sites is 1. The maximum Gasteiger partial charge on any atom is 0.335 e. The van der Waals surface area contributed by atoms with E-state index in [-0.39, 0.29) is 34.0 Å². The van der Waals surface area contributed by atoms with Crippen molar-refractivity contribution in [2.75, 3.05) is 12.0 Å². The number of rotatable bonds is 6. The number of carboxylic acids is 1. The molecule has 0 spiro atoms. The van der Waals surface area contributed by atoms with Crippen LogP contribution in [0.3, 0.4) is 0 Å². The Hall–Kier alpha value is -5.97. The molecule has 12 heteroatoms. The molecule has 48 heavy (non-hydrogen) atoms. The molecule has 3 heterocycles. The third-order valence-corrected chi connectivity index (χ3v) is 8.62. The van der Waals surface area contributed by atoms with Gasteiger partial charge in [-0.05, 0) is 78.4 Å². The van der Waals surface area contributed by atoms with Crippen molar-refractivity contribution in [3.8, 4) is 39.8 Å². The van der Waals surface area contributed by atoms with Gasteiger partial charge in [-0.3, -0.25) is 9.59 Å². The summed E-state index contributed by atoms with van der Waals surface area (Å²) in [6.07, 6.45) is 0. The molecule has 7 aromatic rings. The number of hydrogen-bond donors (Lipinski definition) is 1. The standard InChI is InChI=1S/C36H19Cl2N3O7/c1-46-26-12-9-18(16-25(26)41-34(42)21-10-8-19(36(44)45)15-23(21)35(41)43)32-39-30-22(6-3-7-27(30)47-32)33-40-31-28(48-33)13-11-24(38)29(31)17-4-2-5-20(37)14-17/h2-16H,1H3,(H,44,45). The van der Waals surface area contributed by atoms with Crippen molar-refractivity contribution in [2.45, 2.75) is 0 Å². The van der Waals surface area contributed by atoms with Gasteiger partial charge in [-0.2, -0.15) is 0 Å². The first-order valence-corrected chi connectivity index (χ1v) is 15.2. The third kappa shape index (κ3) is 4.61. The van der Waals surface area contributed by atoms with Crippen LogP contribution in [0.4, 0.5) is 5.69 Å². The Balaban J connectivity index is 1.21. The number of aromatic nitrogens is 2. The van der Waals surface area contributed by atoms with Gasteiger partial charge in [0.05, 0.1) is 40.1 Å². The molecule has 2 aromatic heterocycles. The van der Waals surface area contributed by atoms with Crippen LogP contribution in [0.5, 0.6) is 5.75 Å². The van der Waals surface area contributed by atoms with Crippen molar-refractivity contribution in [3.05, 3.63) is 118 Å². The summed E-state index contributed by atoms with van der Waals surface area (Å²) in [5.74, 6) is -1.77. The number of hydrogen-bond acceptors (Lipinski definition) is 8. The van der Waals surface area contributed by atoms with Gasteiger partial charge in [-0.1, -0.05) is 41.4 Å². The minimum absolute atomic E-state index is 0.0167. The van der Waals surface area contributed by atoms with E-state index >= 15 is 0 Å². The number of imide groups is 1. The maximum absolute atomic E-state index is 13.5. The normalized spacial score (nSPS) is 12.7. The van der Waals surface area contributed by atoms with Crippen molar-refractivity contribution in [1.29, 1.82) is 0 Å². The van der Waals surface area contributed by atoms with Crippen LogP contribution in [-0.4, -0.2) is 40.0 Å². The number of carboxylic acid groups (broad SMARTS) is 1. The lowest BCUT2D eigenvalue weighted by Crippen LogP contribution is -2.29. The van der Waals surface area contributed by atoms with Crippen molar-refractivity contribution in [1.82, 2.24) is 9.97 Å². The highest BCUT2D eigenvalue weighted by molar-refractivity contribution is 6.36. The van der Waals surface area contributed by atoms with Gasteiger partial charge in [-0.25, -0.2) is 19.7 Å². The molecule has 0 unspecified atom stereocenters. The average molecular weight is 676 g/mol. The topological polar surface area (TPSA) is 136 Å². The fourth-order valence-corrected chi connectivity index (χ4v) is 6.29. The predicted octanol–water partition coefficient (Wildman–Crippen LogP) is 8.78. The molecule has 234 valence electrons. The molecule has 0 aliphatic carbocycles. The molecule has 1 N–H and O–H groups in total. The number of nitrogens with zero attached hydrogens (tertiary/aromatic N) is 3. The summed E-state index contributed by atoms with van der Waals surface area (Å²) in [7, 11) is 1.41. The van der Waals surface area contributed by atoms with Crippen LogP contribution in [0.2, 0.25) is 10.0 Å². The first-order valence-electron chi connectivity index (χ1n) is 14.4. The second-order valence-corrected chi connectivity index (χ2v) is 11.7. The van der Waals surface area contributed by atoms with Crippen molar-refractivity contribution in [2.24, 2.45) is 0 Å². The summed E-state index contributed by atoms with van der Waals surface area (Å²) in [6.45, 7) is 0. The Morgan fingerprint density at radius 2 is 1.50 bits per heavy atom. The summed E-state index contributed by atoms with van der Waals surface area (Å²) in [6, 6.07) is 24.8. The van der Waals surface area contributed by atoms with Gasteiger partial charge in [0.2, 0.25) is 11.8 Å². The SMILES string of the molecule is COc1ccc(-c2nc3c(-c4nc5c(-c6cccc(Cl)c6)c(Cl)ccc5o4)cccc3o2)cc1N1C(=O)c2ccc(C(=O)O)cc2C1=O. The van der Waals surface area contributed by atoms with E-state index in [9.17, 15) is 19.5 Å². The second-order valence-electron chi connectivity index (χ2n) is 10.9. The average Bonchev–Trinajstić information content (AvgIpc) is 3.78. The lowest BCUT2D eigenvalue weighted by molar-refractivity contribution is 0.0696. The number of halogens is 2. The highest BCUT2D eigenvalue weighted by atomic mass is 35.5. The summed E-state index contributed by atoms with van der Waals surface area (Å²) >= 11 is 12.9. The molecule has 0 saturated carbocycles. The lowest BCUT2D eigenvalue weighted by Gasteiger charge is -2.18. The van der Waals surface area contributed by atoms with E-state index < -0.39 is 17.8 Å². The number of carbonyl (C=O) groups is 3. The number of ether oxygens (including phenoxy) is 1. The molecule has 8 rings (SSSR count). The molecule has 0 atom stereocenters. The van der Waals surface area contributed by atoms with Crippen molar-refractivity contribution >= 4 is 68.9 Å². The largest absolute Gasteiger partial charge is 0.495 e. The highest BCUT2D eigenvalue weighted by Crippen LogP contribution is 2.41. The number of anilines is 1. The zero-order valence-electron chi connectivity index (χ0n) is 24.7. The van der Waals surface area contributed by atoms with Crippen LogP contribution in [-0.2, 0) is 0 Å². The van der Waals surface area contributed by atoms with Gasteiger partial charge < -0.3 is 18.7 Å². The Morgan fingerprint density at radius 3 is 2.29 bits per heavy atom. The first-order chi connectivity index (χ1) is 23.2. The quantitative estimate of drug-likeness (QED) is 0.171. The number of carbonyl (C=O) groups excluding carboxylic acids is 2. The molecule has 2 amide bonds. The van der Waals surface area contributed by atoms with Crippen LogP contribution in [0.15, 0.2) is 99.8 Å². The zero-order chi connectivity index (χ0) is 33.3. The summed E-state index contributed by atoms with van der Waals surface area (Å²) in [5, 5.41) is 10.4. The van der Waals surface area contributed by atoms with Gasteiger partial charge in [0.25, 0.3) is 11.8 Å². The molecule has 10 nitrogen and oxygen atoms in total. The second kappa shape index (κ2) is 11.1. The highest BCUT2D eigenvalue weighted by Gasteiger charge is 2.39. The Morgan fingerprint density at radius 1 is 0.750 bits per heavy atom. The Bertz CT molecular complexity index is 2520. The molecule has 1 aliphatic heterocycles. The molecular formula is C36H19Cl2N3O7. The van der Waals surface area contributed by atoms with Crippen molar-refractivity contribution < 1.29 is 33.1 Å². The number of fused-ring (bicyclic) bond motifs is 3. The van der Waals surface area contributed by atoms with Crippen LogP contribution in [0, 0.1) is 0 Å². The van der Waals surface area contributed by atoms with E-state index in [0.29, 0.717) is 54.8 Å². The van der Waals surface area contributed by atoms with Gasteiger partial charge in [0, 0.05) is 16.1 Å². The van der Waals surface area contributed by atoms with E-state index in [1.807, 2.05) is 18.2 Å². The third-order valence-electron chi connectivity index (χ3n) is 8.07. The monoisotopic (exact) mass is 675 g/mol. The molecule has 0 bridgehead atoms. The van der Waals surface area contributed by atoms with E-state index in [2.05, 4.69) is 0 Å². The predicted molar refractivity (Wildman–Crippen MR) is 179 cm³/mol. The van der Waals surface area contributed by atoms with Crippen molar-refractivity contribution in [3.63, 3.8) is 0 Å². The molecular weight excluding hydrogens is 657 g/mol. The van der Waals surface area contributed by atoms with Gasteiger partial charge >= 0.3 is 5.97 Å². The van der Waals surface area contributed by atoms with Crippen LogP contribution in [0.25, 0.3) is 56.2 Å². The number of methoxy groups -OCH3 is 1. The molecule has 0 saturated heterocycles. The van der Waals surface area contributed by atoms with Crippen LogP contribution < -0.4 is 9.64 Å². The number of oxazole rings is 2. The van der Waals surface area contributed by atoms with E-state index in [4.69, 9.17) is 46.7 Å². The molecule has 5 aromatic carbocycles. The van der Waals surface area contributed by atoms with E-state index in [1.54, 1.807) is 54.6 Å². The Labute approximate surface area is 280 Å². The molecule has 0 radical (unpaired) electrons. The van der Waals surface area contributed by atoms with E-state index in [1.165, 1.54) is 25.3 Å². The smallest absolute Gasteiger partial charge is 0.335 e. The number of aromatic carboxylic acids is 1. The summed E-state index contributed by atoms with van der Waals surface area (Å²) in [4.78, 5) is 48.9. The first kappa shape index (κ1) is 29.4. The fraction of sp³-hybridized carbons (Fsp3) is 0.0278. The van der Waals surface area contributed by atoms with E-state index in [0.717, 1.165) is 10.5 Å². The zero-order valence-corrected chi connectivity index (χ0v) is 26.2. The fourth-order valence-electron chi connectivity index (χ4n) is 5.84. The molecule has 1 aliphatic rings. The lowest BCUT2D eigenvalue weighted by atomic mass is 10.0. The minimum atomic E-state index is -1.21.